The summed E-state index contributed by atoms with van der Waals surface area (Å²) < 4.78 is 0. The summed E-state index contributed by atoms with van der Waals surface area (Å²) in [5, 5.41) is 18.9. The lowest BCUT2D eigenvalue weighted by molar-refractivity contribution is 0.298. The second-order valence-corrected chi connectivity index (χ2v) is 6.57. The molecule has 5 heteroatoms. The van der Waals surface area contributed by atoms with Crippen LogP contribution in [0.25, 0.3) is 16.6 Å². The zero-order valence-corrected chi connectivity index (χ0v) is 14.5. The number of imidazole rings is 1. The number of nitrogens with zero attached hydrogens (tertiary/aromatic N) is 2. The maximum Gasteiger partial charge on any atom is 0.145 e. The van der Waals surface area contributed by atoms with E-state index in [0.29, 0.717) is 29.7 Å². The second-order valence-electron chi connectivity index (χ2n) is 6.57. The van der Waals surface area contributed by atoms with Gasteiger partial charge in [0.2, 0.25) is 0 Å². The molecule has 1 atom stereocenters. The lowest BCUT2D eigenvalue weighted by atomic mass is 9.99. The third-order valence-corrected chi connectivity index (χ3v) is 4.83. The van der Waals surface area contributed by atoms with E-state index < -0.39 is 0 Å². The standard InChI is InChI=1S/C19H26N4O/c1-3-5-8-13(4-2)11-23-12-16(24)17(18(23)20)19-21-14-9-6-7-10-15(14)22-19/h6-7,9-10,13,20,24H,3-5,8,11-12H2,1-2H3,(H,21,22). The van der Waals surface area contributed by atoms with E-state index in [0.717, 1.165) is 24.0 Å². The van der Waals surface area contributed by atoms with Crippen molar-refractivity contribution in [3.05, 3.63) is 35.8 Å². The summed E-state index contributed by atoms with van der Waals surface area (Å²) >= 11 is 0. The van der Waals surface area contributed by atoms with Crippen molar-refractivity contribution >= 4 is 22.4 Å². The van der Waals surface area contributed by atoms with E-state index in [1.165, 1.54) is 19.3 Å². The van der Waals surface area contributed by atoms with Crippen LogP contribution in [0.3, 0.4) is 0 Å². The minimum atomic E-state index is 0.240. The number of hydrogen-bond acceptors (Lipinski definition) is 3. The molecule has 3 rings (SSSR count). The summed E-state index contributed by atoms with van der Waals surface area (Å²) in [5.41, 5.74) is 2.32. The highest BCUT2D eigenvalue weighted by atomic mass is 16.3. The molecule has 0 spiro atoms. The van der Waals surface area contributed by atoms with E-state index in [2.05, 4.69) is 23.8 Å². The highest BCUT2D eigenvalue weighted by Gasteiger charge is 2.31. The van der Waals surface area contributed by atoms with Crippen molar-refractivity contribution in [3.63, 3.8) is 0 Å². The van der Waals surface area contributed by atoms with Crippen LogP contribution in [0.5, 0.6) is 0 Å². The molecule has 1 unspecified atom stereocenters. The van der Waals surface area contributed by atoms with Gasteiger partial charge in [0.05, 0.1) is 23.2 Å². The van der Waals surface area contributed by atoms with E-state index in [9.17, 15) is 5.11 Å². The molecule has 0 fully saturated rings. The molecule has 128 valence electrons. The summed E-state index contributed by atoms with van der Waals surface area (Å²) in [6, 6.07) is 7.77. The van der Waals surface area contributed by atoms with Gasteiger partial charge in [0.25, 0.3) is 0 Å². The highest BCUT2D eigenvalue weighted by molar-refractivity contribution is 6.23. The minimum Gasteiger partial charge on any atom is -0.510 e. The molecular weight excluding hydrogens is 300 g/mol. The SMILES string of the molecule is CCCCC(CC)CN1CC(O)=C(c2nc3ccccc3[nH]2)C1=N. The molecule has 0 saturated carbocycles. The van der Waals surface area contributed by atoms with Crippen molar-refractivity contribution < 1.29 is 5.11 Å². The molecule has 1 aliphatic heterocycles. The van der Waals surface area contributed by atoms with Crippen LogP contribution in [0, 0.1) is 11.3 Å². The van der Waals surface area contributed by atoms with Gasteiger partial charge in [0, 0.05) is 6.54 Å². The molecule has 24 heavy (non-hydrogen) atoms. The number of H-pyrrole nitrogens is 1. The first kappa shape index (κ1) is 16.6. The number of rotatable bonds is 7. The molecule has 5 nitrogen and oxygen atoms in total. The number of aliphatic hydroxyl groups excluding tert-OH is 1. The number of benzene rings is 1. The number of aromatic nitrogens is 2. The van der Waals surface area contributed by atoms with Gasteiger partial charge in [0.1, 0.15) is 17.4 Å². The maximum atomic E-state index is 10.4. The molecule has 1 aromatic carbocycles. The molecule has 2 aromatic rings. The fraction of sp³-hybridized carbons (Fsp3) is 0.474. The van der Waals surface area contributed by atoms with Crippen molar-refractivity contribution in [1.82, 2.24) is 14.9 Å². The normalized spacial score (nSPS) is 16.4. The van der Waals surface area contributed by atoms with Crippen LogP contribution < -0.4 is 0 Å². The number of para-hydroxylation sites is 2. The van der Waals surface area contributed by atoms with E-state index >= 15 is 0 Å². The zero-order valence-electron chi connectivity index (χ0n) is 14.5. The summed E-state index contributed by atoms with van der Waals surface area (Å²) in [6.07, 6.45) is 4.69. The van der Waals surface area contributed by atoms with Crippen molar-refractivity contribution in [3.8, 4) is 0 Å². The minimum absolute atomic E-state index is 0.240. The Labute approximate surface area is 142 Å². The van der Waals surface area contributed by atoms with Crippen LogP contribution in [0.15, 0.2) is 30.0 Å². The molecule has 0 amide bonds. The average Bonchev–Trinajstić information content (AvgIpc) is 3.11. The number of nitrogens with one attached hydrogen (secondary N) is 2. The Hall–Kier alpha value is -2.30. The second kappa shape index (κ2) is 7.07. The zero-order chi connectivity index (χ0) is 17.1. The van der Waals surface area contributed by atoms with Gasteiger partial charge in [-0.25, -0.2) is 4.98 Å². The van der Waals surface area contributed by atoms with E-state index in [1.54, 1.807) is 0 Å². The Morgan fingerprint density at radius 3 is 2.83 bits per heavy atom. The van der Waals surface area contributed by atoms with Crippen LogP contribution in [-0.2, 0) is 0 Å². The third-order valence-electron chi connectivity index (χ3n) is 4.83. The van der Waals surface area contributed by atoms with Crippen LogP contribution in [0.2, 0.25) is 0 Å². The number of amidine groups is 1. The molecule has 3 N–H and O–H groups in total. The molecule has 1 aromatic heterocycles. The van der Waals surface area contributed by atoms with Crippen LogP contribution in [0.4, 0.5) is 0 Å². The van der Waals surface area contributed by atoms with Gasteiger partial charge < -0.3 is 15.0 Å². The molecule has 0 saturated heterocycles. The molecular formula is C19H26N4O. The fourth-order valence-electron chi connectivity index (χ4n) is 3.34. The topological polar surface area (TPSA) is 76.0 Å². The summed E-state index contributed by atoms with van der Waals surface area (Å²) in [6.45, 7) is 5.64. The lowest BCUT2D eigenvalue weighted by Gasteiger charge is -2.24. The van der Waals surface area contributed by atoms with Crippen molar-refractivity contribution in [2.45, 2.75) is 39.5 Å². The Morgan fingerprint density at radius 1 is 1.33 bits per heavy atom. The maximum absolute atomic E-state index is 10.4. The van der Waals surface area contributed by atoms with Gasteiger partial charge in [-0.3, -0.25) is 5.41 Å². The summed E-state index contributed by atoms with van der Waals surface area (Å²) in [4.78, 5) is 9.74. The first-order chi connectivity index (χ1) is 11.6. The van der Waals surface area contributed by atoms with Gasteiger partial charge >= 0.3 is 0 Å². The lowest BCUT2D eigenvalue weighted by Crippen LogP contribution is -2.32. The fourth-order valence-corrected chi connectivity index (χ4v) is 3.34. The highest BCUT2D eigenvalue weighted by Crippen LogP contribution is 2.28. The largest absolute Gasteiger partial charge is 0.510 e. The van der Waals surface area contributed by atoms with Gasteiger partial charge in [-0.15, -0.1) is 0 Å². The van der Waals surface area contributed by atoms with Crippen LogP contribution in [-0.4, -0.2) is 38.9 Å². The first-order valence-electron chi connectivity index (χ1n) is 8.85. The first-order valence-corrected chi connectivity index (χ1v) is 8.85. The Bertz CT molecular complexity index is 729. The third kappa shape index (κ3) is 3.16. The monoisotopic (exact) mass is 326 g/mol. The van der Waals surface area contributed by atoms with E-state index in [1.807, 2.05) is 29.2 Å². The van der Waals surface area contributed by atoms with Crippen molar-refractivity contribution in [2.75, 3.05) is 13.1 Å². The van der Waals surface area contributed by atoms with E-state index in [-0.39, 0.29) is 5.76 Å². The van der Waals surface area contributed by atoms with Crippen molar-refractivity contribution in [1.29, 1.82) is 5.41 Å². The number of unbranched alkanes of at least 4 members (excludes halogenated alkanes) is 1. The molecule has 0 bridgehead atoms. The van der Waals surface area contributed by atoms with Crippen LogP contribution in [0.1, 0.15) is 45.4 Å². The predicted molar refractivity (Wildman–Crippen MR) is 98.2 cm³/mol. The summed E-state index contributed by atoms with van der Waals surface area (Å²) in [7, 11) is 0. The number of fused-ring (bicyclic) bond motifs is 1. The summed E-state index contributed by atoms with van der Waals surface area (Å²) in [5.74, 6) is 1.77. The molecule has 1 aliphatic rings. The Balaban J connectivity index is 1.78. The van der Waals surface area contributed by atoms with Gasteiger partial charge in [-0.1, -0.05) is 45.2 Å². The molecule has 0 radical (unpaired) electrons. The molecule has 0 aliphatic carbocycles. The Morgan fingerprint density at radius 2 is 2.12 bits per heavy atom. The van der Waals surface area contributed by atoms with Crippen LogP contribution >= 0.6 is 0 Å². The number of hydrogen-bond donors (Lipinski definition) is 3. The molecule has 2 heterocycles. The number of aromatic amines is 1. The van der Waals surface area contributed by atoms with Crippen molar-refractivity contribution in [2.24, 2.45) is 5.92 Å². The average molecular weight is 326 g/mol. The predicted octanol–water partition coefficient (Wildman–Crippen LogP) is 4.34. The quantitative estimate of drug-likeness (QED) is 0.708. The van der Waals surface area contributed by atoms with Gasteiger partial charge in [-0.05, 0) is 24.5 Å². The van der Waals surface area contributed by atoms with Gasteiger partial charge in [-0.2, -0.15) is 0 Å². The Kier molecular flexibility index (Phi) is 4.88. The van der Waals surface area contributed by atoms with E-state index in [4.69, 9.17) is 5.41 Å². The smallest absolute Gasteiger partial charge is 0.145 e. The van der Waals surface area contributed by atoms with Gasteiger partial charge in [0.15, 0.2) is 0 Å². The number of aliphatic hydroxyl groups is 1.